The van der Waals surface area contributed by atoms with Gasteiger partial charge in [0.1, 0.15) is 11.7 Å². The lowest BCUT2D eigenvalue weighted by Gasteiger charge is -2.40. The van der Waals surface area contributed by atoms with E-state index in [9.17, 15) is 14.4 Å². The second-order valence-electron chi connectivity index (χ2n) is 7.05. The quantitative estimate of drug-likeness (QED) is 0.733. The van der Waals surface area contributed by atoms with Crippen molar-refractivity contribution >= 4 is 39.9 Å². The van der Waals surface area contributed by atoms with Crippen molar-refractivity contribution in [3.05, 3.63) is 41.4 Å². The number of thiazole rings is 1. The van der Waals surface area contributed by atoms with E-state index in [1.165, 1.54) is 11.3 Å². The highest BCUT2D eigenvalue weighted by atomic mass is 32.1. The first-order valence-corrected chi connectivity index (χ1v) is 10.0. The summed E-state index contributed by atoms with van der Waals surface area (Å²) in [6, 6.07) is 6.70. The summed E-state index contributed by atoms with van der Waals surface area (Å²) in [7, 11) is 0. The Morgan fingerprint density at radius 2 is 2.11 bits per heavy atom. The van der Waals surface area contributed by atoms with E-state index in [1.807, 2.05) is 18.2 Å². The van der Waals surface area contributed by atoms with Gasteiger partial charge in [-0.3, -0.25) is 14.4 Å². The molecule has 3 amide bonds. The Bertz CT molecular complexity index is 916. The van der Waals surface area contributed by atoms with Crippen LogP contribution in [0.2, 0.25) is 0 Å². The summed E-state index contributed by atoms with van der Waals surface area (Å²) in [6.45, 7) is 2.07. The number of rotatable bonds is 3. The predicted molar refractivity (Wildman–Crippen MR) is 106 cm³/mol. The number of nitrogens with one attached hydrogen (secondary N) is 3. The molecule has 2 atom stereocenters. The van der Waals surface area contributed by atoms with Crippen LogP contribution in [0.15, 0.2) is 35.8 Å². The maximum absolute atomic E-state index is 12.7. The number of carbonyl (C=O) groups is 3. The topological polar surface area (TPSA) is 103 Å². The number of amides is 3. The molecular weight excluding hydrogens is 378 g/mol. The van der Waals surface area contributed by atoms with Crippen LogP contribution in [-0.2, 0) is 9.59 Å². The summed E-state index contributed by atoms with van der Waals surface area (Å²) < 4.78 is 0. The van der Waals surface area contributed by atoms with Crippen molar-refractivity contribution in [2.24, 2.45) is 0 Å². The fraction of sp³-hybridized carbons (Fsp3) is 0.368. The summed E-state index contributed by atoms with van der Waals surface area (Å²) in [4.78, 5) is 43.4. The van der Waals surface area contributed by atoms with Crippen molar-refractivity contribution in [1.29, 1.82) is 0 Å². The molecule has 1 saturated heterocycles. The molecule has 0 unspecified atom stereocenters. The van der Waals surface area contributed by atoms with E-state index in [1.54, 1.807) is 29.5 Å². The molecule has 2 aromatic rings. The van der Waals surface area contributed by atoms with Gasteiger partial charge in [-0.15, -0.1) is 11.3 Å². The van der Waals surface area contributed by atoms with Gasteiger partial charge in [0.15, 0.2) is 5.13 Å². The fourth-order valence-corrected chi connectivity index (χ4v) is 4.22. The second-order valence-corrected chi connectivity index (χ2v) is 7.94. The lowest BCUT2D eigenvalue weighted by Crippen LogP contribution is -2.58. The molecule has 28 heavy (non-hydrogen) atoms. The third-order valence-electron chi connectivity index (χ3n) is 5.27. The number of para-hydroxylation sites is 1. The number of likely N-dealkylation sites (tertiary alicyclic amines) is 1. The number of hydrogen-bond donors (Lipinski definition) is 3. The van der Waals surface area contributed by atoms with Crippen molar-refractivity contribution in [1.82, 2.24) is 15.2 Å². The van der Waals surface area contributed by atoms with Crippen molar-refractivity contribution < 1.29 is 14.4 Å². The van der Waals surface area contributed by atoms with Crippen LogP contribution in [0.4, 0.5) is 10.8 Å². The maximum Gasteiger partial charge on any atom is 0.255 e. The van der Waals surface area contributed by atoms with Crippen LogP contribution < -0.4 is 16.0 Å². The minimum absolute atomic E-state index is 0.103. The zero-order chi connectivity index (χ0) is 19.7. The normalized spacial score (nSPS) is 22.7. The molecule has 1 fully saturated rings. The Kier molecular flexibility index (Phi) is 4.76. The van der Waals surface area contributed by atoms with Gasteiger partial charge >= 0.3 is 0 Å². The lowest BCUT2D eigenvalue weighted by molar-refractivity contribution is -0.137. The first-order valence-electron chi connectivity index (χ1n) is 9.17. The van der Waals surface area contributed by atoms with Gasteiger partial charge in [-0.25, -0.2) is 4.98 Å². The first kappa shape index (κ1) is 18.4. The van der Waals surface area contributed by atoms with Gasteiger partial charge in [0.25, 0.3) is 5.91 Å². The molecule has 1 aromatic heterocycles. The van der Waals surface area contributed by atoms with E-state index in [4.69, 9.17) is 0 Å². The van der Waals surface area contributed by atoms with Gasteiger partial charge < -0.3 is 20.9 Å². The number of anilines is 2. The summed E-state index contributed by atoms with van der Waals surface area (Å²) in [5, 5.41) is 11.5. The number of aromatic nitrogens is 1. The van der Waals surface area contributed by atoms with Crippen LogP contribution in [0.1, 0.15) is 36.5 Å². The third-order valence-corrected chi connectivity index (χ3v) is 5.96. The van der Waals surface area contributed by atoms with Gasteiger partial charge in [0.2, 0.25) is 11.8 Å². The van der Waals surface area contributed by atoms with Gasteiger partial charge in [0.05, 0.1) is 5.56 Å². The summed E-state index contributed by atoms with van der Waals surface area (Å²) >= 11 is 1.33. The average Bonchev–Trinajstić information content (AvgIpc) is 3.14. The highest BCUT2D eigenvalue weighted by molar-refractivity contribution is 7.13. The molecule has 3 N–H and O–H groups in total. The highest BCUT2D eigenvalue weighted by Gasteiger charge is 2.41. The average molecular weight is 399 g/mol. The van der Waals surface area contributed by atoms with Crippen LogP contribution >= 0.6 is 11.3 Å². The third kappa shape index (κ3) is 3.45. The number of carbonyl (C=O) groups excluding carboxylic acids is 3. The van der Waals surface area contributed by atoms with Crippen LogP contribution in [-0.4, -0.2) is 45.9 Å². The van der Waals surface area contributed by atoms with E-state index in [0.717, 1.165) is 5.69 Å². The number of nitrogens with zero attached hydrogens (tertiary/aromatic N) is 2. The van der Waals surface area contributed by atoms with Crippen molar-refractivity contribution in [2.75, 3.05) is 17.2 Å². The minimum atomic E-state index is -0.693. The molecule has 146 valence electrons. The lowest BCUT2D eigenvalue weighted by atomic mass is 9.95. The Labute approximate surface area is 166 Å². The highest BCUT2D eigenvalue weighted by Crippen LogP contribution is 2.32. The van der Waals surface area contributed by atoms with E-state index in [0.29, 0.717) is 30.1 Å². The van der Waals surface area contributed by atoms with E-state index >= 15 is 0 Å². The van der Waals surface area contributed by atoms with Gasteiger partial charge in [-0.2, -0.15) is 0 Å². The largest absolute Gasteiger partial charge is 0.362 e. The van der Waals surface area contributed by atoms with Crippen LogP contribution in [0.3, 0.4) is 0 Å². The van der Waals surface area contributed by atoms with Crippen molar-refractivity contribution in [2.45, 2.75) is 37.9 Å². The molecule has 4 rings (SSSR count). The summed E-state index contributed by atoms with van der Waals surface area (Å²) in [6.07, 6.45) is 2.82. The van der Waals surface area contributed by atoms with E-state index in [2.05, 4.69) is 20.9 Å². The Morgan fingerprint density at radius 3 is 2.89 bits per heavy atom. The summed E-state index contributed by atoms with van der Waals surface area (Å²) in [5.74, 6) is -0.524. The van der Waals surface area contributed by atoms with Crippen LogP contribution in [0, 0.1) is 0 Å². The van der Waals surface area contributed by atoms with Crippen molar-refractivity contribution in [3.63, 3.8) is 0 Å². The van der Waals surface area contributed by atoms with Crippen LogP contribution in [0.5, 0.6) is 0 Å². The molecule has 0 bridgehead atoms. The Morgan fingerprint density at radius 1 is 1.29 bits per heavy atom. The molecule has 0 saturated carbocycles. The standard InChI is InChI=1S/C19H21N5O3S/c1-12(16(26)21-18-20-9-11-28-18)24-10-8-19(7-6-15(24)25)22-14-5-3-2-4-13(14)17(27)23-19/h2-5,9,11-12,22H,6-8,10H2,1H3,(H,23,27)(H,20,21,26)/t12-,19-/m1/s1. The van der Waals surface area contributed by atoms with Gasteiger partial charge in [-0.05, 0) is 25.5 Å². The monoisotopic (exact) mass is 399 g/mol. The Balaban J connectivity index is 1.49. The molecule has 1 aromatic carbocycles. The number of benzene rings is 1. The smallest absolute Gasteiger partial charge is 0.255 e. The summed E-state index contributed by atoms with van der Waals surface area (Å²) in [5.41, 5.74) is 0.667. The molecule has 3 heterocycles. The van der Waals surface area contributed by atoms with Gasteiger partial charge in [-0.1, -0.05) is 12.1 Å². The molecule has 0 radical (unpaired) electrons. The molecule has 2 aliphatic rings. The minimum Gasteiger partial charge on any atom is -0.362 e. The van der Waals surface area contributed by atoms with E-state index < -0.39 is 11.7 Å². The van der Waals surface area contributed by atoms with Crippen molar-refractivity contribution in [3.8, 4) is 0 Å². The molecule has 1 spiro atoms. The first-order chi connectivity index (χ1) is 13.5. The molecule has 8 nitrogen and oxygen atoms in total. The molecule has 9 heteroatoms. The molecule has 2 aliphatic heterocycles. The number of fused-ring (bicyclic) bond motifs is 1. The van der Waals surface area contributed by atoms with Gasteiger partial charge in [0, 0.05) is 36.7 Å². The van der Waals surface area contributed by atoms with Crippen LogP contribution in [0.25, 0.3) is 0 Å². The zero-order valence-corrected chi connectivity index (χ0v) is 16.2. The fourth-order valence-electron chi connectivity index (χ4n) is 3.68. The zero-order valence-electron chi connectivity index (χ0n) is 15.4. The maximum atomic E-state index is 12.7. The second kappa shape index (κ2) is 7.23. The molecule has 0 aliphatic carbocycles. The number of hydrogen-bond acceptors (Lipinski definition) is 6. The molecular formula is C19H21N5O3S. The Hall–Kier alpha value is -2.94. The SMILES string of the molecule is C[C@H](C(=O)Nc1nccs1)N1CC[C@@]2(CCC1=O)NC(=O)c1ccccc1N2. The van der Waals surface area contributed by atoms with E-state index in [-0.39, 0.29) is 24.1 Å². The predicted octanol–water partition coefficient (Wildman–Crippen LogP) is 2.03.